The third-order valence-electron chi connectivity index (χ3n) is 3.28. The van der Waals surface area contributed by atoms with Crippen molar-refractivity contribution in [3.05, 3.63) is 29.3 Å². The Balaban J connectivity index is 1.99. The van der Waals surface area contributed by atoms with Crippen LogP contribution in [0.15, 0.2) is 18.2 Å². The summed E-state index contributed by atoms with van der Waals surface area (Å²) in [6.45, 7) is 3.85. The van der Waals surface area contributed by atoms with Gasteiger partial charge in [-0.25, -0.2) is 0 Å². The molecule has 0 bridgehead atoms. The topological polar surface area (TPSA) is 64.9 Å². The van der Waals surface area contributed by atoms with Gasteiger partial charge in [-0.15, -0.1) is 0 Å². The Morgan fingerprint density at radius 1 is 1.61 bits per heavy atom. The lowest BCUT2D eigenvalue weighted by molar-refractivity contribution is -0.116. The van der Waals surface area contributed by atoms with Gasteiger partial charge in [0, 0.05) is 12.1 Å². The molecule has 1 heterocycles. The van der Waals surface area contributed by atoms with Gasteiger partial charge in [0.15, 0.2) is 0 Å². The van der Waals surface area contributed by atoms with Gasteiger partial charge in [-0.2, -0.15) is 5.26 Å². The van der Waals surface area contributed by atoms with Crippen molar-refractivity contribution in [2.24, 2.45) is 5.92 Å². The molecule has 1 unspecified atom stereocenters. The molecule has 0 spiro atoms. The number of nitriles is 1. The van der Waals surface area contributed by atoms with Crippen molar-refractivity contribution in [1.29, 1.82) is 5.26 Å². The predicted octanol–water partition coefficient (Wildman–Crippen LogP) is 1.80. The van der Waals surface area contributed by atoms with Crippen LogP contribution in [0.1, 0.15) is 24.0 Å². The van der Waals surface area contributed by atoms with E-state index in [1.54, 1.807) is 12.1 Å². The minimum Gasteiger partial charge on any atom is -0.326 e. The van der Waals surface area contributed by atoms with Gasteiger partial charge in [-0.3, -0.25) is 4.79 Å². The highest BCUT2D eigenvalue weighted by molar-refractivity contribution is 5.91. The van der Waals surface area contributed by atoms with E-state index in [4.69, 9.17) is 5.26 Å². The van der Waals surface area contributed by atoms with E-state index in [0.717, 1.165) is 30.8 Å². The SMILES string of the molecule is Cc1ccc(C#N)cc1NC(=O)CC1CCNC1. The molecule has 2 rings (SSSR count). The van der Waals surface area contributed by atoms with E-state index in [0.29, 0.717) is 17.9 Å². The van der Waals surface area contributed by atoms with Gasteiger partial charge in [0.2, 0.25) is 5.91 Å². The molecule has 4 heteroatoms. The maximum absolute atomic E-state index is 11.9. The van der Waals surface area contributed by atoms with Crippen LogP contribution in [0.25, 0.3) is 0 Å². The molecule has 0 aromatic heterocycles. The molecule has 1 saturated heterocycles. The Labute approximate surface area is 107 Å². The third kappa shape index (κ3) is 3.08. The van der Waals surface area contributed by atoms with Crippen molar-refractivity contribution in [1.82, 2.24) is 5.32 Å². The maximum atomic E-state index is 11.9. The van der Waals surface area contributed by atoms with Gasteiger partial charge in [0.25, 0.3) is 0 Å². The average molecular weight is 243 g/mol. The number of hydrogen-bond acceptors (Lipinski definition) is 3. The fourth-order valence-electron chi connectivity index (χ4n) is 2.18. The van der Waals surface area contributed by atoms with Crippen molar-refractivity contribution < 1.29 is 4.79 Å². The summed E-state index contributed by atoms with van der Waals surface area (Å²) in [6.07, 6.45) is 1.61. The molecular weight excluding hydrogens is 226 g/mol. The van der Waals surface area contributed by atoms with Crippen molar-refractivity contribution in [3.63, 3.8) is 0 Å². The number of amides is 1. The third-order valence-corrected chi connectivity index (χ3v) is 3.28. The largest absolute Gasteiger partial charge is 0.326 e. The first kappa shape index (κ1) is 12.6. The second kappa shape index (κ2) is 5.65. The normalized spacial score (nSPS) is 18.3. The molecule has 1 fully saturated rings. The summed E-state index contributed by atoms with van der Waals surface area (Å²) in [7, 11) is 0. The van der Waals surface area contributed by atoms with E-state index in [9.17, 15) is 4.79 Å². The van der Waals surface area contributed by atoms with Crippen LogP contribution in [0.2, 0.25) is 0 Å². The Hall–Kier alpha value is -1.86. The molecule has 1 aromatic carbocycles. The van der Waals surface area contributed by atoms with Gasteiger partial charge in [-0.05, 0) is 50.0 Å². The zero-order valence-electron chi connectivity index (χ0n) is 10.5. The molecule has 0 radical (unpaired) electrons. The molecule has 1 amide bonds. The fraction of sp³-hybridized carbons (Fsp3) is 0.429. The molecule has 1 aromatic rings. The average Bonchev–Trinajstić information content (AvgIpc) is 2.84. The minimum absolute atomic E-state index is 0.0295. The highest BCUT2D eigenvalue weighted by Crippen LogP contribution is 2.18. The summed E-state index contributed by atoms with van der Waals surface area (Å²) in [6, 6.07) is 7.41. The summed E-state index contributed by atoms with van der Waals surface area (Å²) < 4.78 is 0. The van der Waals surface area contributed by atoms with Gasteiger partial charge in [-0.1, -0.05) is 6.07 Å². The number of anilines is 1. The lowest BCUT2D eigenvalue weighted by atomic mass is 10.0. The van der Waals surface area contributed by atoms with Crippen LogP contribution < -0.4 is 10.6 Å². The van der Waals surface area contributed by atoms with E-state index >= 15 is 0 Å². The van der Waals surface area contributed by atoms with E-state index in [1.165, 1.54) is 0 Å². The Bertz CT molecular complexity index is 484. The molecule has 1 aliphatic rings. The number of nitrogens with one attached hydrogen (secondary N) is 2. The molecular formula is C14H17N3O. The maximum Gasteiger partial charge on any atom is 0.224 e. The molecule has 94 valence electrons. The quantitative estimate of drug-likeness (QED) is 0.850. The number of hydrogen-bond donors (Lipinski definition) is 2. The number of nitrogens with zero attached hydrogens (tertiary/aromatic N) is 1. The van der Waals surface area contributed by atoms with Crippen molar-refractivity contribution in [2.75, 3.05) is 18.4 Å². The van der Waals surface area contributed by atoms with Crippen LogP contribution in [0.3, 0.4) is 0 Å². The standard InChI is InChI=1S/C14H17N3O/c1-10-2-3-11(8-15)6-13(10)17-14(18)7-12-4-5-16-9-12/h2-3,6,12,16H,4-5,7,9H2,1H3,(H,17,18). The fourth-order valence-corrected chi connectivity index (χ4v) is 2.18. The van der Waals surface area contributed by atoms with E-state index in [1.807, 2.05) is 13.0 Å². The monoisotopic (exact) mass is 243 g/mol. The van der Waals surface area contributed by atoms with Crippen LogP contribution in [-0.2, 0) is 4.79 Å². The summed E-state index contributed by atoms with van der Waals surface area (Å²) >= 11 is 0. The van der Waals surface area contributed by atoms with Crippen LogP contribution >= 0.6 is 0 Å². The molecule has 0 saturated carbocycles. The Morgan fingerprint density at radius 2 is 2.44 bits per heavy atom. The highest BCUT2D eigenvalue weighted by Gasteiger charge is 2.18. The summed E-state index contributed by atoms with van der Waals surface area (Å²) in [4.78, 5) is 11.9. The minimum atomic E-state index is 0.0295. The number of rotatable bonds is 3. The van der Waals surface area contributed by atoms with Crippen LogP contribution in [0, 0.1) is 24.2 Å². The molecule has 1 aliphatic heterocycles. The summed E-state index contributed by atoms with van der Waals surface area (Å²) in [5.74, 6) is 0.464. The van der Waals surface area contributed by atoms with Gasteiger partial charge in [0.1, 0.15) is 0 Å². The first-order chi connectivity index (χ1) is 8.69. The van der Waals surface area contributed by atoms with Crippen molar-refractivity contribution in [2.45, 2.75) is 19.8 Å². The van der Waals surface area contributed by atoms with E-state index in [2.05, 4.69) is 16.7 Å². The second-order valence-corrected chi connectivity index (χ2v) is 4.75. The van der Waals surface area contributed by atoms with E-state index in [-0.39, 0.29) is 5.91 Å². The first-order valence-electron chi connectivity index (χ1n) is 6.20. The lowest BCUT2D eigenvalue weighted by Gasteiger charge is -2.11. The molecule has 1 atom stereocenters. The predicted molar refractivity (Wildman–Crippen MR) is 70.1 cm³/mol. The van der Waals surface area contributed by atoms with E-state index < -0.39 is 0 Å². The lowest BCUT2D eigenvalue weighted by Crippen LogP contribution is -2.18. The number of aryl methyl sites for hydroxylation is 1. The number of carbonyl (C=O) groups is 1. The van der Waals surface area contributed by atoms with Gasteiger partial charge >= 0.3 is 0 Å². The smallest absolute Gasteiger partial charge is 0.224 e. The van der Waals surface area contributed by atoms with Gasteiger partial charge < -0.3 is 10.6 Å². The highest BCUT2D eigenvalue weighted by atomic mass is 16.1. The van der Waals surface area contributed by atoms with Gasteiger partial charge in [0.05, 0.1) is 11.6 Å². The number of benzene rings is 1. The van der Waals surface area contributed by atoms with Crippen molar-refractivity contribution >= 4 is 11.6 Å². The molecule has 18 heavy (non-hydrogen) atoms. The Morgan fingerprint density at radius 3 is 3.11 bits per heavy atom. The van der Waals surface area contributed by atoms with Crippen LogP contribution in [0.4, 0.5) is 5.69 Å². The van der Waals surface area contributed by atoms with Crippen molar-refractivity contribution in [3.8, 4) is 6.07 Å². The Kier molecular flexibility index (Phi) is 3.96. The van der Waals surface area contributed by atoms with Crippen LogP contribution in [-0.4, -0.2) is 19.0 Å². The summed E-state index contributed by atoms with van der Waals surface area (Å²) in [5.41, 5.74) is 2.29. The summed E-state index contributed by atoms with van der Waals surface area (Å²) in [5, 5.41) is 15.0. The first-order valence-corrected chi connectivity index (χ1v) is 6.20. The molecule has 4 nitrogen and oxygen atoms in total. The second-order valence-electron chi connectivity index (χ2n) is 4.75. The van der Waals surface area contributed by atoms with Crippen LogP contribution in [0.5, 0.6) is 0 Å². The molecule has 0 aliphatic carbocycles. The zero-order chi connectivity index (χ0) is 13.0. The molecule has 2 N–H and O–H groups in total. The zero-order valence-corrected chi connectivity index (χ0v) is 10.5. The number of carbonyl (C=O) groups excluding carboxylic acids is 1.